The van der Waals surface area contributed by atoms with E-state index in [1.165, 1.54) is 16.9 Å². The zero-order valence-corrected chi connectivity index (χ0v) is 16.4. The molecule has 0 radical (unpaired) electrons. The number of carbonyl (C=O) groups is 3. The molecular weight excluding hydrogens is 374 g/mol. The molecule has 0 atom stereocenters. The third-order valence-corrected chi connectivity index (χ3v) is 4.63. The van der Waals surface area contributed by atoms with Gasteiger partial charge in [-0.05, 0) is 37.3 Å². The van der Waals surface area contributed by atoms with Crippen LogP contribution in [0.1, 0.15) is 23.7 Å². The molecule has 0 unspecified atom stereocenters. The molecule has 1 heterocycles. The van der Waals surface area contributed by atoms with Gasteiger partial charge in [0, 0.05) is 18.5 Å². The van der Waals surface area contributed by atoms with Crippen LogP contribution in [0.15, 0.2) is 42.5 Å². The Morgan fingerprint density at radius 3 is 2.55 bits per heavy atom. The maximum absolute atomic E-state index is 13.2. The predicted molar refractivity (Wildman–Crippen MR) is 109 cm³/mol. The minimum atomic E-state index is -0.501. The molecule has 0 spiro atoms. The first-order chi connectivity index (χ1) is 14.0. The molecule has 8 heteroatoms. The average molecular weight is 397 g/mol. The lowest BCUT2D eigenvalue weighted by Gasteiger charge is -2.25. The molecule has 0 saturated heterocycles. The highest BCUT2D eigenvalue weighted by Crippen LogP contribution is 2.34. The van der Waals surface area contributed by atoms with Crippen molar-refractivity contribution in [3.63, 3.8) is 0 Å². The van der Waals surface area contributed by atoms with E-state index in [9.17, 15) is 14.4 Å². The standard InChI is InChI=1S/C21H23N3O5/c1-3-29-20(26)13-24-17-7-5-4-6-16(17)23(11-10-19(24)25)21(27)14-8-9-15(22)18(12-14)28-2/h4-9,12H,3,10-11,13,22H2,1-2H3. The van der Waals surface area contributed by atoms with Crippen molar-refractivity contribution < 1.29 is 23.9 Å². The van der Waals surface area contributed by atoms with E-state index in [1.54, 1.807) is 49.4 Å². The van der Waals surface area contributed by atoms with Crippen LogP contribution in [0.25, 0.3) is 0 Å². The molecule has 2 aromatic rings. The Bertz CT molecular complexity index is 944. The molecule has 1 aliphatic rings. The van der Waals surface area contributed by atoms with Crippen LogP contribution in [0.3, 0.4) is 0 Å². The van der Waals surface area contributed by atoms with Gasteiger partial charge in [0.05, 0.1) is 30.8 Å². The number of fused-ring (bicyclic) bond motifs is 1. The molecule has 0 fully saturated rings. The predicted octanol–water partition coefficient (Wildman–Crippen LogP) is 2.22. The molecule has 152 valence electrons. The molecule has 0 saturated carbocycles. The lowest BCUT2D eigenvalue weighted by Crippen LogP contribution is -2.36. The molecular formula is C21H23N3O5. The number of amides is 2. The van der Waals surface area contributed by atoms with Crippen molar-refractivity contribution in [1.82, 2.24) is 0 Å². The first-order valence-corrected chi connectivity index (χ1v) is 9.26. The number of anilines is 3. The summed E-state index contributed by atoms with van der Waals surface area (Å²) >= 11 is 0. The minimum Gasteiger partial charge on any atom is -0.495 e. The third kappa shape index (κ3) is 4.16. The summed E-state index contributed by atoms with van der Waals surface area (Å²) in [7, 11) is 1.48. The fourth-order valence-corrected chi connectivity index (χ4v) is 3.24. The smallest absolute Gasteiger partial charge is 0.326 e. The van der Waals surface area contributed by atoms with Crippen LogP contribution in [0, 0.1) is 0 Å². The summed E-state index contributed by atoms with van der Waals surface area (Å²) in [5.74, 6) is -0.644. The number of nitrogen functional groups attached to an aromatic ring is 1. The van der Waals surface area contributed by atoms with Crippen molar-refractivity contribution in [2.75, 3.05) is 42.3 Å². The van der Waals surface area contributed by atoms with Gasteiger partial charge in [0.1, 0.15) is 12.3 Å². The van der Waals surface area contributed by atoms with Gasteiger partial charge in [-0.25, -0.2) is 0 Å². The van der Waals surface area contributed by atoms with Crippen molar-refractivity contribution in [1.29, 1.82) is 0 Å². The first kappa shape index (κ1) is 20.2. The van der Waals surface area contributed by atoms with Gasteiger partial charge in [-0.1, -0.05) is 12.1 Å². The Hall–Kier alpha value is -3.55. The molecule has 29 heavy (non-hydrogen) atoms. The molecule has 2 aromatic carbocycles. The van der Waals surface area contributed by atoms with E-state index in [4.69, 9.17) is 15.2 Å². The molecule has 8 nitrogen and oxygen atoms in total. The van der Waals surface area contributed by atoms with Crippen LogP contribution >= 0.6 is 0 Å². The largest absolute Gasteiger partial charge is 0.495 e. The van der Waals surface area contributed by atoms with E-state index in [2.05, 4.69) is 0 Å². The lowest BCUT2D eigenvalue weighted by atomic mass is 10.1. The molecule has 2 N–H and O–H groups in total. The van der Waals surface area contributed by atoms with E-state index >= 15 is 0 Å². The van der Waals surface area contributed by atoms with Gasteiger partial charge in [-0.3, -0.25) is 19.3 Å². The number of carbonyl (C=O) groups excluding carboxylic acids is 3. The minimum absolute atomic E-state index is 0.0753. The van der Waals surface area contributed by atoms with Gasteiger partial charge in [0.2, 0.25) is 5.91 Å². The number of esters is 1. The summed E-state index contributed by atoms with van der Waals surface area (Å²) in [6.45, 7) is 1.91. The fraction of sp³-hybridized carbons (Fsp3) is 0.286. The molecule has 1 aliphatic heterocycles. The Balaban J connectivity index is 1.99. The molecule has 2 amide bonds. The van der Waals surface area contributed by atoms with Crippen LogP contribution in [0.5, 0.6) is 5.75 Å². The van der Waals surface area contributed by atoms with Crippen LogP contribution in [-0.4, -0.2) is 44.6 Å². The van der Waals surface area contributed by atoms with Crippen LogP contribution in [0.2, 0.25) is 0 Å². The fourth-order valence-electron chi connectivity index (χ4n) is 3.24. The number of hydrogen-bond acceptors (Lipinski definition) is 6. The van der Waals surface area contributed by atoms with Gasteiger partial charge < -0.3 is 20.1 Å². The number of rotatable bonds is 5. The first-order valence-electron chi connectivity index (χ1n) is 9.26. The highest BCUT2D eigenvalue weighted by molar-refractivity contribution is 6.12. The van der Waals surface area contributed by atoms with Crippen molar-refractivity contribution in [3.05, 3.63) is 48.0 Å². The summed E-state index contributed by atoms with van der Waals surface area (Å²) < 4.78 is 10.2. The Labute approximate surface area is 168 Å². The van der Waals surface area contributed by atoms with Crippen LogP contribution in [0.4, 0.5) is 17.1 Å². The number of hydrogen-bond donors (Lipinski definition) is 1. The second-order valence-electron chi connectivity index (χ2n) is 6.44. The SMILES string of the molecule is CCOC(=O)CN1C(=O)CCN(C(=O)c2ccc(N)c(OC)c2)c2ccccc21. The Morgan fingerprint density at radius 2 is 1.86 bits per heavy atom. The summed E-state index contributed by atoms with van der Waals surface area (Å²) in [5, 5.41) is 0. The maximum atomic E-state index is 13.2. The number of ether oxygens (including phenoxy) is 2. The summed E-state index contributed by atoms with van der Waals surface area (Å²) in [6.07, 6.45) is 0.0753. The van der Waals surface area contributed by atoms with E-state index in [-0.39, 0.29) is 37.9 Å². The summed E-state index contributed by atoms with van der Waals surface area (Å²) in [5.41, 5.74) is 7.69. The quantitative estimate of drug-likeness (QED) is 0.613. The molecule has 0 aromatic heterocycles. The second kappa shape index (κ2) is 8.64. The zero-order chi connectivity index (χ0) is 21.0. The zero-order valence-electron chi connectivity index (χ0n) is 16.4. The van der Waals surface area contributed by atoms with E-state index in [1.807, 2.05) is 0 Å². The normalized spacial score (nSPS) is 13.5. The van der Waals surface area contributed by atoms with Crippen molar-refractivity contribution in [3.8, 4) is 5.75 Å². The lowest BCUT2D eigenvalue weighted by molar-refractivity contribution is -0.142. The van der Waals surface area contributed by atoms with Crippen LogP contribution in [-0.2, 0) is 14.3 Å². The van der Waals surface area contributed by atoms with Gasteiger partial charge >= 0.3 is 5.97 Å². The third-order valence-electron chi connectivity index (χ3n) is 4.63. The number of nitrogens with zero attached hydrogens (tertiary/aromatic N) is 2. The number of benzene rings is 2. The molecule has 3 rings (SSSR count). The van der Waals surface area contributed by atoms with Crippen molar-refractivity contribution in [2.45, 2.75) is 13.3 Å². The summed E-state index contributed by atoms with van der Waals surface area (Å²) in [6, 6.07) is 11.8. The topological polar surface area (TPSA) is 102 Å². The van der Waals surface area contributed by atoms with Gasteiger partial charge in [-0.2, -0.15) is 0 Å². The molecule has 0 aliphatic carbocycles. The highest BCUT2D eigenvalue weighted by atomic mass is 16.5. The summed E-state index contributed by atoms with van der Waals surface area (Å²) in [4.78, 5) is 40.8. The highest BCUT2D eigenvalue weighted by Gasteiger charge is 2.31. The number of methoxy groups -OCH3 is 1. The second-order valence-corrected chi connectivity index (χ2v) is 6.44. The molecule has 0 bridgehead atoms. The Morgan fingerprint density at radius 1 is 1.14 bits per heavy atom. The number of para-hydroxylation sites is 2. The van der Waals surface area contributed by atoms with E-state index in [0.717, 1.165) is 0 Å². The van der Waals surface area contributed by atoms with Gasteiger partial charge in [-0.15, -0.1) is 0 Å². The van der Waals surface area contributed by atoms with Crippen molar-refractivity contribution >= 4 is 34.8 Å². The van der Waals surface area contributed by atoms with Crippen molar-refractivity contribution in [2.24, 2.45) is 0 Å². The van der Waals surface area contributed by atoms with Gasteiger partial charge in [0.15, 0.2) is 0 Å². The van der Waals surface area contributed by atoms with E-state index in [0.29, 0.717) is 28.4 Å². The van der Waals surface area contributed by atoms with Gasteiger partial charge in [0.25, 0.3) is 5.91 Å². The monoisotopic (exact) mass is 397 g/mol. The van der Waals surface area contributed by atoms with Crippen LogP contribution < -0.4 is 20.3 Å². The Kier molecular flexibility index (Phi) is 6.01. The average Bonchev–Trinajstić information content (AvgIpc) is 2.85. The number of nitrogens with two attached hydrogens (primary N) is 1. The maximum Gasteiger partial charge on any atom is 0.326 e. The van der Waals surface area contributed by atoms with E-state index < -0.39 is 5.97 Å².